The minimum Gasteiger partial charge on any atom is -0.494 e. The lowest BCUT2D eigenvalue weighted by Crippen LogP contribution is -2.23. The third kappa shape index (κ3) is 7.84. The monoisotopic (exact) mass is 597 g/mol. The SMILES string of the molecule is CCC(CO)Nc1ccc2ncc(-c3ccc(F)c(Cl)c3)n2n1.CCCOc1ccc(/C=C2/SC(=O)NC2=O)cc1. The number of aliphatic hydroxyl groups is 1. The second kappa shape index (κ2) is 14.1. The Morgan fingerprint density at radius 2 is 1.95 bits per heavy atom. The highest BCUT2D eigenvalue weighted by Gasteiger charge is 2.24. The van der Waals surface area contributed by atoms with Gasteiger partial charge in [0.05, 0.1) is 41.1 Å². The molecule has 1 atom stereocenters. The Kier molecular flexibility index (Phi) is 10.3. The number of hydrogen-bond donors (Lipinski definition) is 3. The van der Waals surface area contributed by atoms with Gasteiger partial charge < -0.3 is 15.2 Å². The molecule has 3 N–H and O–H groups in total. The summed E-state index contributed by atoms with van der Waals surface area (Å²) in [5, 5.41) is 18.9. The number of ether oxygens (including phenoxy) is 1. The number of nitrogens with zero attached hydrogens (tertiary/aromatic N) is 3. The van der Waals surface area contributed by atoms with Crippen molar-refractivity contribution in [3.8, 4) is 17.0 Å². The Hall–Kier alpha value is -3.93. The highest BCUT2D eigenvalue weighted by Crippen LogP contribution is 2.27. The lowest BCUT2D eigenvalue weighted by atomic mass is 10.2. The van der Waals surface area contributed by atoms with E-state index >= 15 is 0 Å². The van der Waals surface area contributed by atoms with Gasteiger partial charge in [0.2, 0.25) is 0 Å². The molecule has 1 aliphatic heterocycles. The molecule has 5 rings (SSSR count). The molecule has 41 heavy (non-hydrogen) atoms. The van der Waals surface area contributed by atoms with Gasteiger partial charge in [-0.15, -0.1) is 5.10 Å². The number of carbonyl (C=O) groups is 2. The number of aromatic nitrogens is 3. The molecule has 0 saturated carbocycles. The van der Waals surface area contributed by atoms with Crippen molar-refractivity contribution in [2.45, 2.75) is 32.7 Å². The van der Waals surface area contributed by atoms with Gasteiger partial charge in [0.1, 0.15) is 17.4 Å². The number of fused-ring (bicyclic) bond motifs is 1. The molecule has 3 heterocycles. The standard InChI is InChI=1S/C16H16ClFN4O.C13H13NO3S/c1-2-11(9-23)20-15-5-6-16-19-8-14(22(16)21-15)10-3-4-13(18)12(17)7-10;1-2-7-17-10-5-3-9(4-6-10)8-11-12(15)14-13(16)18-11/h3-8,11,23H,2,9H2,1H3,(H,20,21);3-6,8H,2,7H2,1H3,(H,14,15,16)/b;11-8+. The molecule has 2 aromatic carbocycles. The van der Waals surface area contributed by atoms with E-state index in [-0.39, 0.29) is 28.8 Å². The van der Waals surface area contributed by atoms with E-state index in [2.05, 4.69) is 20.7 Å². The van der Waals surface area contributed by atoms with Crippen LogP contribution in [0.5, 0.6) is 5.75 Å². The molecular weight excluding hydrogens is 569 g/mol. The maximum atomic E-state index is 13.3. The molecule has 2 amide bonds. The first kappa shape index (κ1) is 30.0. The number of nitrogens with one attached hydrogen (secondary N) is 2. The van der Waals surface area contributed by atoms with E-state index in [0.717, 1.165) is 41.5 Å². The van der Waals surface area contributed by atoms with E-state index < -0.39 is 5.82 Å². The average molecular weight is 598 g/mol. The number of imide groups is 1. The molecule has 4 aromatic rings. The Morgan fingerprint density at radius 1 is 1.17 bits per heavy atom. The number of anilines is 1. The van der Waals surface area contributed by atoms with Crippen LogP contribution < -0.4 is 15.4 Å². The number of imidazole rings is 1. The van der Waals surface area contributed by atoms with E-state index in [0.29, 0.717) is 28.7 Å². The molecule has 1 saturated heterocycles. The molecule has 9 nitrogen and oxygen atoms in total. The van der Waals surface area contributed by atoms with Crippen molar-refractivity contribution in [3.05, 3.63) is 82.1 Å². The second-order valence-electron chi connectivity index (χ2n) is 8.96. The van der Waals surface area contributed by atoms with Gasteiger partial charge in [0, 0.05) is 5.56 Å². The molecule has 1 fully saturated rings. The summed E-state index contributed by atoms with van der Waals surface area (Å²) in [5.74, 6) is 0.633. The van der Waals surface area contributed by atoms with Gasteiger partial charge in [0.25, 0.3) is 11.1 Å². The lowest BCUT2D eigenvalue weighted by Gasteiger charge is -2.14. The minimum atomic E-state index is -0.465. The largest absolute Gasteiger partial charge is 0.494 e. The molecule has 214 valence electrons. The van der Waals surface area contributed by atoms with Crippen molar-refractivity contribution in [2.75, 3.05) is 18.5 Å². The summed E-state index contributed by atoms with van der Waals surface area (Å²) < 4.78 is 20.5. The van der Waals surface area contributed by atoms with Gasteiger partial charge in [-0.05, 0) is 78.7 Å². The smallest absolute Gasteiger partial charge is 0.290 e. The first-order valence-electron chi connectivity index (χ1n) is 13.0. The van der Waals surface area contributed by atoms with E-state index in [1.807, 2.05) is 50.2 Å². The normalized spacial score (nSPS) is 14.5. The van der Waals surface area contributed by atoms with Crippen LogP contribution in [-0.4, -0.2) is 50.1 Å². The molecule has 0 spiro atoms. The van der Waals surface area contributed by atoms with Gasteiger partial charge in [-0.25, -0.2) is 13.9 Å². The zero-order chi connectivity index (χ0) is 29.4. The summed E-state index contributed by atoms with van der Waals surface area (Å²) in [4.78, 5) is 27.1. The molecule has 0 bridgehead atoms. The van der Waals surface area contributed by atoms with Crippen LogP contribution in [0.3, 0.4) is 0 Å². The number of amides is 2. The van der Waals surface area contributed by atoms with E-state index in [9.17, 15) is 19.1 Å². The molecule has 0 aliphatic carbocycles. The first-order valence-corrected chi connectivity index (χ1v) is 14.2. The highest BCUT2D eigenvalue weighted by atomic mass is 35.5. The van der Waals surface area contributed by atoms with Crippen molar-refractivity contribution in [1.29, 1.82) is 0 Å². The fourth-order valence-corrected chi connectivity index (χ4v) is 4.60. The van der Waals surface area contributed by atoms with Crippen LogP contribution in [0.15, 0.2) is 65.7 Å². The summed E-state index contributed by atoms with van der Waals surface area (Å²) in [6.07, 6.45) is 5.10. The summed E-state index contributed by atoms with van der Waals surface area (Å²) in [7, 11) is 0. The third-order valence-corrected chi connectivity index (χ3v) is 7.04. The van der Waals surface area contributed by atoms with Crippen LogP contribution in [0.1, 0.15) is 32.3 Å². The Bertz CT molecular complexity index is 1560. The van der Waals surface area contributed by atoms with Crippen LogP contribution in [0.4, 0.5) is 15.0 Å². The molecule has 0 radical (unpaired) electrons. The van der Waals surface area contributed by atoms with Gasteiger partial charge >= 0.3 is 0 Å². The van der Waals surface area contributed by atoms with Crippen LogP contribution >= 0.6 is 23.4 Å². The number of carbonyl (C=O) groups excluding carboxylic acids is 2. The Labute approximate surface area is 245 Å². The number of aliphatic hydroxyl groups excluding tert-OH is 1. The lowest BCUT2D eigenvalue weighted by molar-refractivity contribution is -0.115. The van der Waals surface area contributed by atoms with Crippen molar-refractivity contribution in [2.24, 2.45) is 0 Å². The predicted molar refractivity (Wildman–Crippen MR) is 160 cm³/mol. The van der Waals surface area contributed by atoms with Crippen LogP contribution in [0.25, 0.3) is 23.0 Å². The van der Waals surface area contributed by atoms with E-state index in [1.165, 1.54) is 6.07 Å². The zero-order valence-corrected chi connectivity index (χ0v) is 24.0. The number of benzene rings is 2. The summed E-state index contributed by atoms with van der Waals surface area (Å²) in [6.45, 7) is 4.75. The fourth-order valence-electron chi connectivity index (χ4n) is 3.74. The molecule has 12 heteroatoms. The molecular formula is C29H29ClFN5O4S. The maximum absolute atomic E-state index is 13.3. The van der Waals surface area contributed by atoms with Crippen LogP contribution in [-0.2, 0) is 4.79 Å². The van der Waals surface area contributed by atoms with Gasteiger partial charge in [0.15, 0.2) is 5.65 Å². The summed E-state index contributed by atoms with van der Waals surface area (Å²) in [6, 6.07) is 15.5. The highest BCUT2D eigenvalue weighted by molar-refractivity contribution is 8.18. The Balaban J connectivity index is 0.000000195. The first-order chi connectivity index (χ1) is 19.8. The molecule has 1 aliphatic rings. The number of thioether (sulfide) groups is 1. The number of rotatable bonds is 9. The third-order valence-electron chi connectivity index (χ3n) is 5.94. The van der Waals surface area contributed by atoms with Crippen LogP contribution in [0, 0.1) is 5.82 Å². The van der Waals surface area contributed by atoms with Crippen molar-refractivity contribution in [1.82, 2.24) is 19.9 Å². The minimum absolute atomic E-state index is 0.0283. The molecule has 1 unspecified atom stereocenters. The predicted octanol–water partition coefficient (Wildman–Crippen LogP) is 6.17. The topological polar surface area (TPSA) is 118 Å². The van der Waals surface area contributed by atoms with Crippen molar-refractivity contribution < 1.29 is 23.8 Å². The van der Waals surface area contributed by atoms with Crippen LogP contribution in [0.2, 0.25) is 5.02 Å². The average Bonchev–Trinajstić information content (AvgIpc) is 3.54. The zero-order valence-electron chi connectivity index (χ0n) is 22.4. The number of hydrogen-bond acceptors (Lipinski definition) is 8. The van der Waals surface area contributed by atoms with Gasteiger partial charge in [-0.3, -0.25) is 14.9 Å². The van der Waals surface area contributed by atoms with Gasteiger partial charge in [-0.2, -0.15) is 0 Å². The van der Waals surface area contributed by atoms with Crippen molar-refractivity contribution >= 4 is 52.1 Å². The van der Waals surface area contributed by atoms with Crippen molar-refractivity contribution in [3.63, 3.8) is 0 Å². The quantitative estimate of drug-likeness (QED) is 0.196. The number of halogens is 2. The Morgan fingerprint density at radius 3 is 2.59 bits per heavy atom. The second-order valence-corrected chi connectivity index (χ2v) is 10.4. The maximum Gasteiger partial charge on any atom is 0.290 e. The fraction of sp³-hybridized carbons (Fsp3) is 0.241. The molecule has 2 aromatic heterocycles. The summed E-state index contributed by atoms with van der Waals surface area (Å²) >= 11 is 6.77. The van der Waals surface area contributed by atoms with Gasteiger partial charge in [-0.1, -0.05) is 37.6 Å². The summed E-state index contributed by atoms with van der Waals surface area (Å²) in [5.41, 5.74) is 2.97. The van der Waals surface area contributed by atoms with E-state index in [4.69, 9.17) is 16.3 Å². The van der Waals surface area contributed by atoms with E-state index in [1.54, 1.807) is 28.9 Å².